The lowest BCUT2D eigenvalue weighted by Crippen LogP contribution is -2.27. The second-order valence-electron chi connectivity index (χ2n) is 5.77. The van der Waals surface area contributed by atoms with Gasteiger partial charge in [-0.05, 0) is 24.5 Å². The van der Waals surface area contributed by atoms with Crippen LogP contribution < -0.4 is 5.32 Å². The molecule has 0 aliphatic carbocycles. The smallest absolute Gasteiger partial charge is 0.295 e. The maximum atomic E-state index is 5.70. The molecule has 6 heteroatoms. The van der Waals surface area contributed by atoms with Crippen LogP contribution in [0.3, 0.4) is 0 Å². The molecule has 1 aliphatic rings. The predicted molar refractivity (Wildman–Crippen MR) is 83.7 cm³/mol. The molecule has 0 bridgehead atoms. The summed E-state index contributed by atoms with van der Waals surface area (Å²) in [4.78, 5) is 4.46. The normalized spacial score (nSPS) is 17.6. The van der Waals surface area contributed by atoms with Crippen molar-refractivity contribution in [3.8, 4) is 0 Å². The molecule has 0 saturated heterocycles. The van der Waals surface area contributed by atoms with Crippen LogP contribution in [0, 0.1) is 5.92 Å². The Hall–Kier alpha value is -2.37. The number of anilines is 1. The number of aromatic nitrogens is 4. The van der Waals surface area contributed by atoms with Crippen molar-refractivity contribution < 1.29 is 4.42 Å². The largest absolute Gasteiger partial charge is 0.424 e. The van der Waals surface area contributed by atoms with Gasteiger partial charge in [-0.2, -0.15) is 4.98 Å². The van der Waals surface area contributed by atoms with Crippen LogP contribution in [0.1, 0.15) is 25.0 Å². The van der Waals surface area contributed by atoms with Crippen molar-refractivity contribution in [3.63, 3.8) is 0 Å². The number of nitrogens with zero attached hydrogens (tertiary/aromatic N) is 4. The Morgan fingerprint density at radius 3 is 3.09 bits per heavy atom. The Labute approximate surface area is 128 Å². The van der Waals surface area contributed by atoms with Crippen LogP contribution in [0.2, 0.25) is 0 Å². The summed E-state index contributed by atoms with van der Waals surface area (Å²) in [6.07, 6.45) is 3.04. The minimum absolute atomic E-state index is 0.545. The molecule has 1 N–H and O–H groups in total. The Balaban J connectivity index is 1.44. The van der Waals surface area contributed by atoms with Crippen LogP contribution in [-0.4, -0.2) is 26.3 Å². The SMILES string of the molecule is CCc1nnc2n1C[C@@H](CNc1nc3ccccc3o1)CC2. The molecule has 0 unspecified atom stereocenters. The Kier molecular flexibility index (Phi) is 3.29. The van der Waals surface area contributed by atoms with E-state index in [-0.39, 0.29) is 0 Å². The van der Waals surface area contributed by atoms with Gasteiger partial charge in [-0.25, -0.2) is 0 Å². The number of aryl methyl sites for hydroxylation is 2. The van der Waals surface area contributed by atoms with E-state index in [4.69, 9.17) is 4.42 Å². The molecule has 0 spiro atoms. The molecule has 1 aromatic carbocycles. The van der Waals surface area contributed by atoms with E-state index < -0.39 is 0 Å². The van der Waals surface area contributed by atoms with E-state index in [0.717, 1.165) is 55.1 Å². The quantitative estimate of drug-likeness (QED) is 0.801. The number of oxazole rings is 1. The fraction of sp³-hybridized carbons (Fsp3) is 0.438. The fourth-order valence-corrected chi connectivity index (χ4v) is 3.06. The lowest BCUT2D eigenvalue weighted by atomic mass is 9.99. The molecular weight excluding hydrogens is 278 g/mol. The third-order valence-corrected chi connectivity index (χ3v) is 4.27. The summed E-state index contributed by atoms with van der Waals surface area (Å²) < 4.78 is 7.97. The van der Waals surface area contributed by atoms with Crippen molar-refractivity contribution >= 4 is 17.1 Å². The number of benzene rings is 1. The van der Waals surface area contributed by atoms with Gasteiger partial charge in [0.15, 0.2) is 5.58 Å². The molecule has 3 aromatic rings. The van der Waals surface area contributed by atoms with E-state index in [0.29, 0.717) is 11.9 Å². The highest BCUT2D eigenvalue weighted by atomic mass is 16.4. The summed E-state index contributed by atoms with van der Waals surface area (Å²) in [5, 5.41) is 11.9. The zero-order valence-electron chi connectivity index (χ0n) is 12.6. The number of para-hydroxylation sites is 2. The Morgan fingerprint density at radius 1 is 1.32 bits per heavy atom. The molecule has 0 radical (unpaired) electrons. The van der Waals surface area contributed by atoms with E-state index in [2.05, 4.69) is 32.0 Å². The zero-order valence-corrected chi connectivity index (χ0v) is 12.6. The van der Waals surface area contributed by atoms with Crippen LogP contribution >= 0.6 is 0 Å². The summed E-state index contributed by atoms with van der Waals surface area (Å²) in [6, 6.07) is 8.42. The van der Waals surface area contributed by atoms with E-state index in [1.807, 2.05) is 24.3 Å². The third-order valence-electron chi connectivity index (χ3n) is 4.27. The van der Waals surface area contributed by atoms with Crippen molar-refractivity contribution in [2.24, 2.45) is 5.92 Å². The van der Waals surface area contributed by atoms with E-state index >= 15 is 0 Å². The second kappa shape index (κ2) is 5.44. The highest BCUT2D eigenvalue weighted by Gasteiger charge is 2.22. The minimum Gasteiger partial charge on any atom is -0.424 e. The topological polar surface area (TPSA) is 68.8 Å². The zero-order chi connectivity index (χ0) is 14.9. The van der Waals surface area contributed by atoms with Crippen molar-refractivity contribution in [2.75, 3.05) is 11.9 Å². The van der Waals surface area contributed by atoms with Gasteiger partial charge >= 0.3 is 0 Å². The summed E-state index contributed by atoms with van der Waals surface area (Å²) >= 11 is 0. The van der Waals surface area contributed by atoms with Crippen molar-refractivity contribution in [1.82, 2.24) is 19.7 Å². The van der Waals surface area contributed by atoms with Crippen LogP contribution in [-0.2, 0) is 19.4 Å². The Bertz CT molecular complexity index is 744. The van der Waals surface area contributed by atoms with Crippen LogP contribution in [0.15, 0.2) is 28.7 Å². The van der Waals surface area contributed by atoms with Gasteiger partial charge in [0.05, 0.1) is 0 Å². The summed E-state index contributed by atoms with van der Waals surface area (Å²) in [6.45, 7) is 3.95. The summed E-state index contributed by atoms with van der Waals surface area (Å²) in [5.74, 6) is 2.75. The first kappa shape index (κ1) is 13.3. The molecular formula is C16H19N5O. The van der Waals surface area contributed by atoms with Gasteiger partial charge in [-0.15, -0.1) is 10.2 Å². The highest BCUT2D eigenvalue weighted by Crippen LogP contribution is 2.22. The van der Waals surface area contributed by atoms with E-state index in [1.54, 1.807) is 0 Å². The average molecular weight is 297 g/mol. The average Bonchev–Trinajstić information content (AvgIpc) is 3.15. The van der Waals surface area contributed by atoms with Crippen molar-refractivity contribution in [3.05, 3.63) is 35.9 Å². The van der Waals surface area contributed by atoms with Gasteiger partial charge in [0.25, 0.3) is 6.01 Å². The third kappa shape index (κ3) is 2.34. The molecule has 0 fully saturated rings. The molecule has 6 nitrogen and oxygen atoms in total. The van der Waals surface area contributed by atoms with Gasteiger partial charge in [0, 0.05) is 25.9 Å². The second-order valence-corrected chi connectivity index (χ2v) is 5.77. The number of rotatable bonds is 4. The van der Waals surface area contributed by atoms with E-state index in [1.165, 1.54) is 0 Å². The lowest BCUT2D eigenvalue weighted by Gasteiger charge is -2.24. The fourth-order valence-electron chi connectivity index (χ4n) is 3.06. The summed E-state index contributed by atoms with van der Waals surface area (Å²) in [5.41, 5.74) is 1.71. The molecule has 1 aliphatic heterocycles. The molecule has 1 atom stereocenters. The first-order valence-electron chi connectivity index (χ1n) is 7.84. The number of nitrogens with one attached hydrogen (secondary N) is 1. The minimum atomic E-state index is 0.545. The monoisotopic (exact) mass is 297 g/mol. The molecule has 0 amide bonds. The van der Waals surface area contributed by atoms with E-state index in [9.17, 15) is 0 Å². The maximum absolute atomic E-state index is 5.70. The maximum Gasteiger partial charge on any atom is 0.295 e. The standard InChI is InChI=1S/C16H19N5O/c1-2-14-19-20-15-8-7-11(10-21(14)15)9-17-16-18-12-5-3-4-6-13(12)22-16/h3-6,11H,2,7-10H2,1H3,(H,17,18)/t11-/m1/s1. The molecule has 0 saturated carbocycles. The van der Waals surface area contributed by atoms with Gasteiger partial charge in [0.1, 0.15) is 17.2 Å². The molecule has 3 heterocycles. The van der Waals surface area contributed by atoms with Gasteiger partial charge < -0.3 is 14.3 Å². The molecule has 22 heavy (non-hydrogen) atoms. The van der Waals surface area contributed by atoms with Crippen LogP contribution in [0.25, 0.3) is 11.1 Å². The summed E-state index contributed by atoms with van der Waals surface area (Å²) in [7, 11) is 0. The first-order chi connectivity index (χ1) is 10.8. The van der Waals surface area contributed by atoms with Crippen LogP contribution in [0.4, 0.5) is 6.01 Å². The highest BCUT2D eigenvalue weighted by molar-refractivity contribution is 5.74. The molecule has 114 valence electrons. The van der Waals surface area contributed by atoms with Gasteiger partial charge in [-0.1, -0.05) is 19.1 Å². The molecule has 4 rings (SSSR count). The van der Waals surface area contributed by atoms with Gasteiger partial charge in [0.2, 0.25) is 0 Å². The number of hydrogen-bond acceptors (Lipinski definition) is 5. The Morgan fingerprint density at radius 2 is 2.23 bits per heavy atom. The van der Waals surface area contributed by atoms with Crippen molar-refractivity contribution in [2.45, 2.75) is 32.7 Å². The van der Waals surface area contributed by atoms with Crippen molar-refractivity contribution in [1.29, 1.82) is 0 Å². The number of hydrogen-bond donors (Lipinski definition) is 1. The lowest BCUT2D eigenvalue weighted by molar-refractivity contribution is 0.372. The predicted octanol–water partition coefficient (Wildman–Crippen LogP) is 2.66. The number of fused-ring (bicyclic) bond motifs is 2. The molecule has 2 aromatic heterocycles. The van der Waals surface area contributed by atoms with Crippen LogP contribution in [0.5, 0.6) is 0 Å². The van der Waals surface area contributed by atoms with Gasteiger partial charge in [-0.3, -0.25) is 0 Å². The first-order valence-corrected chi connectivity index (χ1v) is 7.84.